The molecular weight excluding hydrogens is 196 g/mol. The Hall–Kier alpha value is -0.710. The SMILES string of the molecule is CO[C@H]1O[C@@H](OC)[C@H]2[C@@H]1C=C[C@H]2CC=O. The van der Waals surface area contributed by atoms with Crippen molar-refractivity contribution in [1.82, 2.24) is 0 Å². The number of aldehydes is 1. The smallest absolute Gasteiger partial charge is 0.167 e. The Labute approximate surface area is 89.2 Å². The van der Waals surface area contributed by atoms with E-state index < -0.39 is 0 Å². The van der Waals surface area contributed by atoms with Crippen molar-refractivity contribution in [3.8, 4) is 0 Å². The van der Waals surface area contributed by atoms with Gasteiger partial charge in [-0.3, -0.25) is 0 Å². The van der Waals surface area contributed by atoms with Crippen LogP contribution in [0.25, 0.3) is 0 Å². The van der Waals surface area contributed by atoms with E-state index >= 15 is 0 Å². The third kappa shape index (κ3) is 1.73. The summed E-state index contributed by atoms with van der Waals surface area (Å²) in [5.74, 6) is 0.646. The molecule has 2 rings (SSSR count). The van der Waals surface area contributed by atoms with Gasteiger partial charge in [-0.05, 0) is 5.92 Å². The van der Waals surface area contributed by atoms with E-state index in [-0.39, 0.29) is 30.3 Å². The standard InChI is InChI=1S/C11H16O4/c1-13-10-8-4-3-7(5-6-12)9(8)11(14-2)15-10/h3-4,6-11H,5H2,1-2H3/t7-,8-,9+,10-,11+/m0/s1. The van der Waals surface area contributed by atoms with Crippen LogP contribution < -0.4 is 0 Å². The molecule has 5 atom stereocenters. The second-order valence-electron chi connectivity index (χ2n) is 3.95. The van der Waals surface area contributed by atoms with Gasteiger partial charge in [0, 0.05) is 32.5 Å². The molecule has 4 heteroatoms. The zero-order chi connectivity index (χ0) is 10.8. The van der Waals surface area contributed by atoms with Crippen molar-refractivity contribution >= 4 is 6.29 Å². The fourth-order valence-corrected chi connectivity index (χ4v) is 2.55. The van der Waals surface area contributed by atoms with E-state index in [0.29, 0.717) is 6.42 Å². The highest BCUT2D eigenvalue weighted by Gasteiger charge is 2.49. The van der Waals surface area contributed by atoms with Crippen molar-refractivity contribution in [2.24, 2.45) is 17.8 Å². The molecule has 2 aliphatic rings. The van der Waals surface area contributed by atoms with E-state index in [1.165, 1.54) is 0 Å². The Morgan fingerprint density at radius 1 is 1.27 bits per heavy atom. The maximum absolute atomic E-state index is 10.5. The first-order valence-electron chi connectivity index (χ1n) is 5.14. The minimum absolute atomic E-state index is 0.213. The third-order valence-corrected chi connectivity index (χ3v) is 3.25. The molecule has 0 spiro atoms. The van der Waals surface area contributed by atoms with Crippen molar-refractivity contribution in [2.45, 2.75) is 19.0 Å². The summed E-state index contributed by atoms with van der Waals surface area (Å²) in [7, 11) is 3.25. The number of fused-ring (bicyclic) bond motifs is 1. The van der Waals surface area contributed by atoms with Crippen LogP contribution in [0.2, 0.25) is 0 Å². The first kappa shape index (κ1) is 10.8. The highest BCUT2D eigenvalue weighted by Crippen LogP contribution is 2.45. The minimum Gasteiger partial charge on any atom is -0.355 e. The van der Waals surface area contributed by atoms with Crippen LogP contribution in [0.4, 0.5) is 0 Å². The molecule has 1 aliphatic heterocycles. The molecule has 0 saturated carbocycles. The second-order valence-corrected chi connectivity index (χ2v) is 3.95. The van der Waals surface area contributed by atoms with Gasteiger partial charge < -0.3 is 19.0 Å². The number of ether oxygens (including phenoxy) is 3. The summed E-state index contributed by atoms with van der Waals surface area (Å²) in [4.78, 5) is 10.5. The third-order valence-electron chi connectivity index (χ3n) is 3.25. The van der Waals surface area contributed by atoms with Gasteiger partial charge in [-0.1, -0.05) is 12.2 Å². The number of rotatable bonds is 4. The topological polar surface area (TPSA) is 44.8 Å². The molecule has 0 radical (unpaired) electrons. The summed E-state index contributed by atoms with van der Waals surface area (Å²) in [5, 5.41) is 0. The van der Waals surface area contributed by atoms with E-state index in [1.807, 2.05) is 0 Å². The number of hydrogen-bond donors (Lipinski definition) is 0. The van der Waals surface area contributed by atoms with Crippen LogP contribution in [0.3, 0.4) is 0 Å². The molecule has 0 bridgehead atoms. The van der Waals surface area contributed by atoms with E-state index in [4.69, 9.17) is 14.2 Å². The van der Waals surface area contributed by atoms with Crippen LogP contribution in [0.5, 0.6) is 0 Å². The van der Waals surface area contributed by atoms with E-state index in [0.717, 1.165) is 6.29 Å². The van der Waals surface area contributed by atoms with Crippen LogP contribution in [0, 0.1) is 17.8 Å². The van der Waals surface area contributed by atoms with Crippen molar-refractivity contribution in [3.63, 3.8) is 0 Å². The first-order valence-corrected chi connectivity index (χ1v) is 5.14. The summed E-state index contributed by atoms with van der Waals surface area (Å²) >= 11 is 0. The minimum atomic E-state index is -0.264. The van der Waals surface area contributed by atoms with E-state index in [1.54, 1.807) is 14.2 Å². The summed E-state index contributed by atoms with van der Waals surface area (Å²) < 4.78 is 16.1. The molecule has 0 aromatic carbocycles. The summed E-state index contributed by atoms with van der Waals surface area (Å²) in [6, 6.07) is 0. The van der Waals surface area contributed by atoms with Gasteiger partial charge in [-0.2, -0.15) is 0 Å². The quantitative estimate of drug-likeness (QED) is 0.514. The molecule has 1 heterocycles. The maximum atomic E-state index is 10.5. The van der Waals surface area contributed by atoms with Crippen molar-refractivity contribution in [3.05, 3.63) is 12.2 Å². The zero-order valence-corrected chi connectivity index (χ0v) is 8.96. The first-order chi connectivity index (χ1) is 7.31. The average molecular weight is 212 g/mol. The molecule has 4 nitrogen and oxygen atoms in total. The van der Waals surface area contributed by atoms with Crippen molar-refractivity contribution in [1.29, 1.82) is 0 Å². The number of allylic oxidation sites excluding steroid dienone is 1. The van der Waals surface area contributed by atoms with E-state index in [2.05, 4.69) is 12.2 Å². The number of methoxy groups -OCH3 is 2. The Bertz CT molecular complexity index is 263. The molecular formula is C11H16O4. The second kappa shape index (κ2) is 4.43. The van der Waals surface area contributed by atoms with Gasteiger partial charge >= 0.3 is 0 Å². The van der Waals surface area contributed by atoms with E-state index in [9.17, 15) is 4.79 Å². The Morgan fingerprint density at radius 2 is 2.00 bits per heavy atom. The molecule has 84 valence electrons. The van der Waals surface area contributed by atoms with Crippen LogP contribution in [0.1, 0.15) is 6.42 Å². The lowest BCUT2D eigenvalue weighted by molar-refractivity contribution is -0.198. The summed E-state index contributed by atoms with van der Waals surface area (Å²) in [5.41, 5.74) is 0. The number of hydrogen-bond acceptors (Lipinski definition) is 4. The maximum Gasteiger partial charge on any atom is 0.167 e. The molecule has 0 amide bonds. The molecule has 1 fully saturated rings. The Morgan fingerprint density at radius 3 is 2.60 bits per heavy atom. The van der Waals surface area contributed by atoms with Crippen LogP contribution in [-0.4, -0.2) is 33.1 Å². The van der Waals surface area contributed by atoms with Crippen LogP contribution in [0.15, 0.2) is 12.2 Å². The zero-order valence-electron chi connectivity index (χ0n) is 8.96. The highest BCUT2D eigenvalue weighted by atomic mass is 16.8. The predicted molar refractivity (Wildman–Crippen MR) is 53.0 cm³/mol. The van der Waals surface area contributed by atoms with Crippen molar-refractivity contribution in [2.75, 3.05) is 14.2 Å². The van der Waals surface area contributed by atoms with Crippen molar-refractivity contribution < 1.29 is 19.0 Å². The van der Waals surface area contributed by atoms with Gasteiger partial charge in [0.1, 0.15) is 6.29 Å². The van der Waals surface area contributed by atoms with Gasteiger partial charge in [-0.15, -0.1) is 0 Å². The lowest BCUT2D eigenvalue weighted by atomic mass is 9.87. The highest BCUT2D eigenvalue weighted by molar-refractivity contribution is 5.50. The number of carbonyl (C=O) groups excluding carboxylic acids is 1. The normalized spacial score (nSPS) is 43.2. The van der Waals surface area contributed by atoms with Gasteiger partial charge in [-0.25, -0.2) is 0 Å². The number of carbonyl (C=O) groups is 1. The fraction of sp³-hybridized carbons (Fsp3) is 0.727. The van der Waals surface area contributed by atoms with Gasteiger partial charge in [0.15, 0.2) is 12.6 Å². The molecule has 0 N–H and O–H groups in total. The summed E-state index contributed by atoms with van der Waals surface area (Å²) in [6.45, 7) is 0. The Balaban J connectivity index is 2.12. The largest absolute Gasteiger partial charge is 0.355 e. The monoisotopic (exact) mass is 212 g/mol. The molecule has 0 unspecified atom stereocenters. The predicted octanol–water partition coefficient (Wildman–Crippen LogP) is 0.969. The average Bonchev–Trinajstić information content (AvgIpc) is 2.79. The van der Waals surface area contributed by atoms with Gasteiger partial charge in [0.2, 0.25) is 0 Å². The molecule has 1 saturated heterocycles. The lowest BCUT2D eigenvalue weighted by Gasteiger charge is -2.20. The lowest BCUT2D eigenvalue weighted by Crippen LogP contribution is -2.25. The van der Waals surface area contributed by atoms with Gasteiger partial charge in [0.25, 0.3) is 0 Å². The molecule has 0 aromatic heterocycles. The van der Waals surface area contributed by atoms with Gasteiger partial charge in [0.05, 0.1) is 0 Å². The Kier molecular flexibility index (Phi) is 3.19. The molecule has 15 heavy (non-hydrogen) atoms. The summed E-state index contributed by atoms with van der Waals surface area (Å²) in [6.07, 6.45) is 5.12. The molecule has 0 aromatic rings. The molecule has 1 aliphatic carbocycles. The fourth-order valence-electron chi connectivity index (χ4n) is 2.55. The van der Waals surface area contributed by atoms with Crippen LogP contribution >= 0.6 is 0 Å². The van der Waals surface area contributed by atoms with Crippen LogP contribution in [-0.2, 0) is 19.0 Å².